The molecule has 0 aliphatic heterocycles. The third-order valence-electron chi connectivity index (χ3n) is 4.30. The molecular formula is C16H21NO3. The fraction of sp³-hybridized carbons (Fsp3) is 0.500. The molecule has 0 aromatic heterocycles. The van der Waals surface area contributed by atoms with Gasteiger partial charge in [0.1, 0.15) is 0 Å². The number of hydrogen-bond donors (Lipinski definition) is 2. The molecule has 4 nitrogen and oxygen atoms in total. The van der Waals surface area contributed by atoms with Crippen LogP contribution in [0.4, 0.5) is 0 Å². The van der Waals surface area contributed by atoms with Crippen molar-refractivity contribution in [2.24, 2.45) is 5.41 Å². The van der Waals surface area contributed by atoms with E-state index < -0.39 is 5.97 Å². The number of aryl methyl sites for hydroxylation is 2. The number of rotatable bonds is 4. The third kappa shape index (κ3) is 2.69. The van der Waals surface area contributed by atoms with Crippen molar-refractivity contribution in [1.29, 1.82) is 0 Å². The summed E-state index contributed by atoms with van der Waals surface area (Å²) in [5.74, 6) is -1.33. The van der Waals surface area contributed by atoms with E-state index >= 15 is 0 Å². The standard InChI is InChI=1S/C16H21NO3/c1-10-5-6-11(2)13(15(19)20)12(10)14(18)17-9-16(3)7-4-8-16/h5-6H,4,7-9H2,1-3H3,(H,17,18)(H,19,20). The molecule has 20 heavy (non-hydrogen) atoms. The van der Waals surface area contributed by atoms with E-state index in [-0.39, 0.29) is 16.9 Å². The van der Waals surface area contributed by atoms with Crippen molar-refractivity contribution >= 4 is 11.9 Å². The summed E-state index contributed by atoms with van der Waals surface area (Å²) in [6.45, 7) is 6.25. The Morgan fingerprint density at radius 3 is 2.20 bits per heavy atom. The number of carboxylic acids is 1. The second kappa shape index (κ2) is 5.27. The van der Waals surface area contributed by atoms with Crippen LogP contribution in [0.2, 0.25) is 0 Å². The number of benzene rings is 1. The van der Waals surface area contributed by atoms with Crippen LogP contribution in [0.5, 0.6) is 0 Å². The lowest BCUT2D eigenvalue weighted by Gasteiger charge is -2.38. The molecule has 2 rings (SSSR count). The average Bonchev–Trinajstić information content (AvgIpc) is 2.35. The summed E-state index contributed by atoms with van der Waals surface area (Å²) in [5.41, 5.74) is 1.89. The Morgan fingerprint density at radius 2 is 1.75 bits per heavy atom. The molecular weight excluding hydrogens is 254 g/mol. The summed E-state index contributed by atoms with van der Waals surface area (Å²) in [6.07, 6.45) is 3.44. The predicted molar refractivity (Wildman–Crippen MR) is 77.2 cm³/mol. The number of aromatic carboxylic acids is 1. The predicted octanol–water partition coefficient (Wildman–Crippen LogP) is 2.92. The molecule has 1 aliphatic carbocycles. The molecule has 4 heteroatoms. The van der Waals surface area contributed by atoms with E-state index in [0.717, 1.165) is 12.8 Å². The maximum absolute atomic E-state index is 12.4. The van der Waals surface area contributed by atoms with E-state index in [1.807, 2.05) is 0 Å². The number of carbonyl (C=O) groups excluding carboxylic acids is 1. The van der Waals surface area contributed by atoms with Crippen molar-refractivity contribution in [1.82, 2.24) is 5.32 Å². The normalized spacial score (nSPS) is 16.4. The van der Waals surface area contributed by atoms with Crippen molar-refractivity contribution in [3.63, 3.8) is 0 Å². The van der Waals surface area contributed by atoms with Gasteiger partial charge in [-0.1, -0.05) is 25.5 Å². The molecule has 0 unspecified atom stereocenters. The van der Waals surface area contributed by atoms with E-state index in [1.54, 1.807) is 26.0 Å². The van der Waals surface area contributed by atoms with Gasteiger partial charge in [0, 0.05) is 6.54 Å². The smallest absolute Gasteiger partial charge is 0.336 e. The summed E-state index contributed by atoms with van der Waals surface area (Å²) in [5, 5.41) is 12.2. The van der Waals surface area contributed by atoms with Crippen LogP contribution in [0.15, 0.2) is 12.1 Å². The lowest BCUT2D eigenvalue weighted by molar-refractivity contribution is 0.0688. The molecule has 0 radical (unpaired) electrons. The fourth-order valence-electron chi connectivity index (χ4n) is 2.72. The monoisotopic (exact) mass is 275 g/mol. The minimum absolute atomic E-state index is 0.112. The Hall–Kier alpha value is -1.84. The maximum atomic E-state index is 12.4. The van der Waals surface area contributed by atoms with Crippen LogP contribution in [0, 0.1) is 19.3 Å². The van der Waals surface area contributed by atoms with Crippen LogP contribution in [0.25, 0.3) is 0 Å². The lowest BCUT2D eigenvalue weighted by atomic mass is 9.70. The lowest BCUT2D eigenvalue weighted by Crippen LogP contribution is -2.40. The molecule has 1 aliphatic rings. The van der Waals surface area contributed by atoms with Crippen LogP contribution < -0.4 is 5.32 Å². The first-order valence-electron chi connectivity index (χ1n) is 6.96. The highest BCUT2D eigenvalue weighted by atomic mass is 16.4. The van der Waals surface area contributed by atoms with Gasteiger partial charge >= 0.3 is 5.97 Å². The van der Waals surface area contributed by atoms with E-state index in [0.29, 0.717) is 23.2 Å². The topological polar surface area (TPSA) is 66.4 Å². The van der Waals surface area contributed by atoms with Gasteiger partial charge in [-0.25, -0.2) is 4.79 Å². The first-order chi connectivity index (χ1) is 9.34. The molecule has 1 aromatic carbocycles. The molecule has 1 fully saturated rings. The van der Waals surface area contributed by atoms with Gasteiger partial charge in [-0.15, -0.1) is 0 Å². The molecule has 0 spiro atoms. The zero-order chi connectivity index (χ0) is 14.9. The maximum Gasteiger partial charge on any atom is 0.336 e. The Balaban J connectivity index is 2.24. The zero-order valence-corrected chi connectivity index (χ0v) is 12.2. The zero-order valence-electron chi connectivity index (χ0n) is 12.2. The largest absolute Gasteiger partial charge is 0.478 e. The van der Waals surface area contributed by atoms with Gasteiger partial charge in [0.15, 0.2) is 0 Å². The molecule has 0 heterocycles. The van der Waals surface area contributed by atoms with Crippen LogP contribution >= 0.6 is 0 Å². The van der Waals surface area contributed by atoms with Gasteiger partial charge in [0.2, 0.25) is 0 Å². The third-order valence-corrected chi connectivity index (χ3v) is 4.30. The number of hydrogen-bond acceptors (Lipinski definition) is 2. The van der Waals surface area contributed by atoms with Crippen LogP contribution in [0.3, 0.4) is 0 Å². The Bertz CT molecular complexity index is 559. The van der Waals surface area contributed by atoms with Crippen molar-refractivity contribution < 1.29 is 14.7 Å². The van der Waals surface area contributed by atoms with Gasteiger partial charge in [-0.05, 0) is 43.2 Å². The van der Waals surface area contributed by atoms with Crippen molar-refractivity contribution in [2.75, 3.05) is 6.54 Å². The van der Waals surface area contributed by atoms with Crippen molar-refractivity contribution in [2.45, 2.75) is 40.0 Å². The van der Waals surface area contributed by atoms with E-state index in [9.17, 15) is 14.7 Å². The minimum Gasteiger partial charge on any atom is -0.478 e. The Kier molecular flexibility index (Phi) is 3.84. The summed E-state index contributed by atoms with van der Waals surface area (Å²) in [7, 11) is 0. The number of nitrogens with one attached hydrogen (secondary N) is 1. The van der Waals surface area contributed by atoms with E-state index in [4.69, 9.17) is 0 Å². The first-order valence-corrected chi connectivity index (χ1v) is 6.96. The van der Waals surface area contributed by atoms with Gasteiger partial charge in [0.05, 0.1) is 11.1 Å². The Labute approximate surface area is 119 Å². The molecule has 108 valence electrons. The summed E-state index contributed by atoms with van der Waals surface area (Å²) in [6, 6.07) is 3.53. The van der Waals surface area contributed by atoms with Crippen molar-refractivity contribution in [3.05, 3.63) is 34.4 Å². The molecule has 0 bridgehead atoms. The average molecular weight is 275 g/mol. The Morgan fingerprint density at radius 1 is 1.20 bits per heavy atom. The second-order valence-corrected chi connectivity index (χ2v) is 6.10. The number of carbonyl (C=O) groups is 2. The van der Waals surface area contributed by atoms with E-state index in [2.05, 4.69) is 12.2 Å². The highest BCUT2D eigenvalue weighted by Gasteiger charge is 2.32. The summed E-state index contributed by atoms with van der Waals surface area (Å²) in [4.78, 5) is 23.7. The number of carboxylic acid groups (broad SMARTS) is 1. The fourth-order valence-corrected chi connectivity index (χ4v) is 2.72. The molecule has 0 atom stereocenters. The molecule has 0 saturated heterocycles. The quantitative estimate of drug-likeness (QED) is 0.888. The SMILES string of the molecule is Cc1ccc(C)c(C(=O)NCC2(C)CCC2)c1C(=O)O. The molecule has 1 aromatic rings. The van der Waals surface area contributed by atoms with Crippen LogP contribution in [-0.4, -0.2) is 23.5 Å². The van der Waals surface area contributed by atoms with Gasteiger partial charge in [-0.2, -0.15) is 0 Å². The highest BCUT2D eigenvalue weighted by Crippen LogP contribution is 2.39. The van der Waals surface area contributed by atoms with Gasteiger partial charge < -0.3 is 10.4 Å². The van der Waals surface area contributed by atoms with Gasteiger partial charge in [0.25, 0.3) is 5.91 Å². The molecule has 1 amide bonds. The van der Waals surface area contributed by atoms with Gasteiger partial charge in [-0.3, -0.25) is 4.79 Å². The second-order valence-electron chi connectivity index (χ2n) is 6.10. The molecule has 2 N–H and O–H groups in total. The minimum atomic E-state index is -1.05. The van der Waals surface area contributed by atoms with E-state index in [1.165, 1.54) is 6.42 Å². The number of amides is 1. The van der Waals surface area contributed by atoms with Crippen LogP contribution in [0.1, 0.15) is 58.0 Å². The highest BCUT2D eigenvalue weighted by molar-refractivity contribution is 6.06. The van der Waals surface area contributed by atoms with Crippen molar-refractivity contribution in [3.8, 4) is 0 Å². The summed E-state index contributed by atoms with van der Waals surface area (Å²) >= 11 is 0. The first kappa shape index (κ1) is 14.6. The molecule has 1 saturated carbocycles. The summed E-state index contributed by atoms with van der Waals surface area (Å²) < 4.78 is 0. The van der Waals surface area contributed by atoms with Crippen LogP contribution in [-0.2, 0) is 0 Å².